The van der Waals surface area contributed by atoms with Crippen LogP contribution in [0.2, 0.25) is 0 Å². The summed E-state index contributed by atoms with van der Waals surface area (Å²) in [7, 11) is -2.40. The Morgan fingerprint density at radius 2 is 1.78 bits per heavy atom. The van der Waals surface area contributed by atoms with Crippen molar-refractivity contribution in [1.29, 1.82) is 0 Å². The number of amides is 1. The van der Waals surface area contributed by atoms with Crippen LogP contribution >= 0.6 is 11.8 Å². The van der Waals surface area contributed by atoms with Crippen LogP contribution in [0.25, 0.3) is 0 Å². The van der Waals surface area contributed by atoms with Crippen molar-refractivity contribution in [2.24, 2.45) is 0 Å². The molecule has 0 radical (unpaired) electrons. The van der Waals surface area contributed by atoms with E-state index in [1.807, 2.05) is 54.8 Å². The minimum absolute atomic E-state index is 0.0759. The van der Waals surface area contributed by atoms with Crippen LogP contribution in [0, 0.1) is 6.92 Å². The zero-order chi connectivity index (χ0) is 23.1. The fourth-order valence-corrected chi connectivity index (χ4v) is 5.16. The number of hydrogen-bond acceptors (Lipinski definition) is 5. The molecule has 0 bridgehead atoms. The zero-order valence-corrected chi connectivity index (χ0v) is 19.9. The van der Waals surface area contributed by atoms with Crippen molar-refractivity contribution >= 4 is 33.4 Å². The first-order valence-corrected chi connectivity index (χ1v) is 12.6. The summed E-state index contributed by atoms with van der Waals surface area (Å²) in [5.74, 6) is 0.193. The lowest BCUT2D eigenvalue weighted by Crippen LogP contribution is -2.37. The highest BCUT2D eigenvalue weighted by Crippen LogP contribution is 2.25. The largest absolute Gasteiger partial charge is 0.496 e. The topological polar surface area (TPSA) is 75.7 Å². The molecule has 1 N–H and O–H groups in total. The van der Waals surface area contributed by atoms with Gasteiger partial charge in [0.2, 0.25) is 15.9 Å². The van der Waals surface area contributed by atoms with Gasteiger partial charge in [-0.1, -0.05) is 36.4 Å². The molecule has 0 unspecified atom stereocenters. The van der Waals surface area contributed by atoms with Crippen LogP contribution in [0.1, 0.15) is 11.1 Å². The summed E-state index contributed by atoms with van der Waals surface area (Å²) in [6.07, 6.45) is 1.95. The maximum Gasteiger partial charge on any atom is 0.243 e. The number of rotatable bonds is 9. The van der Waals surface area contributed by atoms with Crippen molar-refractivity contribution in [1.82, 2.24) is 4.31 Å². The Bertz CT molecular complexity index is 1180. The monoisotopic (exact) mass is 470 g/mol. The molecular formula is C24H26N2O4S2. The third kappa shape index (κ3) is 5.91. The number of carbonyl (C=O) groups is 1. The van der Waals surface area contributed by atoms with E-state index in [2.05, 4.69) is 5.32 Å². The van der Waals surface area contributed by atoms with Gasteiger partial charge in [-0.15, -0.1) is 11.8 Å². The maximum absolute atomic E-state index is 13.5. The number of hydrogen-bond donors (Lipinski definition) is 1. The molecule has 32 heavy (non-hydrogen) atoms. The number of sulfonamides is 1. The summed E-state index contributed by atoms with van der Waals surface area (Å²) >= 11 is 1.56. The molecule has 0 aliphatic heterocycles. The van der Waals surface area contributed by atoms with Crippen LogP contribution in [0.5, 0.6) is 5.75 Å². The van der Waals surface area contributed by atoms with Crippen LogP contribution in [0.3, 0.4) is 0 Å². The molecule has 0 atom stereocenters. The Morgan fingerprint density at radius 1 is 1.03 bits per heavy atom. The van der Waals surface area contributed by atoms with Gasteiger partial charge in [-0.25, -0.2) is 8.42 Å². The summed E-state index contributed by atoms with van der Waals surface area (Å²) in [5, 5.41) is 2.81. The fourth-order valence-electron chi connectivity index (χ4n) is 3.23. The SMILES string of the molecule is COc1ccc(S(=O)(=O)N(CC(=O)Nc2cccc(SC)c2)Cc2ccccc2)cc1C. The van der Waals surface area contributed by atoms with Crippen LogP contribution in [-0.2, 0) is 21.4 Å². The summed E-state index contributed by atoms with van der Waals surface area (Å²) in [5.41, 5.74) is 2.12. The number of anilines is 1. The maximum atomic E-state index is 13.5. The van der Waals surface area contributed by atoms with Gasteiger partial charge in [0.15, 0.2) is 0 Å². The quantitative estimate of drug-likeness (QED) is 0.464. The fraction of sp³-hybridized carbons (Fsp3) is 0.208. The molecule has 0 fully saturated rings. The van der Waals surface area contributed by atoms with Crippen molar-refractivity contribution in [3.63, 3.8) is 0 Å². The van der Waals surface area contributed by atoms with Gasteiger partial charge >= 0.3 is 0 Å². The van der Waals surface area contributed by atoms with Crippen LogP contribution in [0.4, 0.5) is 5.69 Å². The summed E-state index contributed by atoms with van der Waals surface area (Å²) in [6, 6.07) is 21.3. The molecule has 6 nitrogen and oxygen atoms in total. The third-order valence-electron chi connectivity index (χ3n) is 4.88. The molecular weight excluding hydrogens is 444 g/mol. The lowest BCUT2D eigenvalue weighted by molar-refractivity contribution is -0.116. The molecule has 0 saturated heterocycles. The molecule has 0 aliphatic rings. The van der Waals surface area contributed by atoms with E-state index in [1.165, 1.54) is 17.5 Å². The van der Waals surface area contributed by atoms with Gasteiger partial charge < -0.3 is 10.1 Å². The zero-order valence-electron chi connectivity index (χ0n) is 18.2. The smallest absolute Gasteiger partial charge is 0.243 e. The number of benzene rings is 3. The lowest BCUT2D eigenvalue weighted by Gasteiger charge is -2.22. The van der Waals surface area contributed by atoms with Crippen LogP contribution in [0.15, 0.2) is 82.6 Å². The van der Waals surface area contributed by atoms with Crippen molar-refractivity contribution in [2.75, 3.05) is 25.2 Å². The molecule has 0 aliphatic carbocycles. The number of ether oxygens (including phenoxy) is 1. The Kier molecular flexibility index (Phi) is 7.95. The molecule has 0 aromatic heterocycles. The van der Waals surface area contributed by atoms with E-state index in [-0.39, 0.29) is 18.0 Å². The first-order chi connectivity index (χ1) is 15.3. The van der Waals surface area contributed by atoms with Crippen molar-refractivity contribution in [2.45, 2.75) is 23.3 Å². The second-order valence-electron chi connectivity index (χ2n) is 7.17. The normalized spacial score (nSPS) is 11.4. The summed E-state index contributed by atoms with van der Waals surface area (Å²) in [6.45, 7) is 1.54. The molecule has 3 aromatic rings. The van der Waals surface area contributed by atoms with Gasteiger partial charge in [-0.3, -0.25) is 4.79 Å². The summed E-state index contributed by atoms with van der Waals surface area (Å²) in [4.78, 5) is 13.9. The minimum atomic E-state index is -3.93. The van der Waals surface area contributed by atoms with Gasteiger partial charge in [0.05, 0.1) is 18.6 Å². The molecule has 1 amide bonds. The van der Waals surface area contributed by atoms with E-state index in [0.717, 1.165) is 10.5 Å². The standard InChI is InChI=1S/C24H26N2O4S2/c1-18-14-22(12-13-23(18)30-2)32(28,29)26(16-19-8-5-4-6-9-19)17-24(27)25-20-10-7-11-21(15-20)31-3/h4-15H,16-17H2,1-3H3,(H,25,27). The first kappa shape index (κ1) is 23.8. The minimum Gasteiger partial charge on any atom is -0.496 e. The second-order valence-corrected chi connectivity index (χ2v) is 9.99. The average Bonchev–Trinajstić information content (AvgIpc) is 2.79. The highest BCUT2D eigenvalue weighted by Gasteiger charge is 2.27. The molecule has 0 heterocycles. The number of methoxy groups -OCH3 is 1. The molecule has 3 aromatic carbocycles. The molecule has 3 rings (SSSR count). The number of aryl methyl sites for hydroxylation is 1. The second kappa shape index (κ2) is 10.7. The Labute approximate surface area is 193 Å². The highest BCUT2D eigenvalue weighted by molar-refractivity contribution is 7.98. The highest BCUT2D eigenvalue weighted by atomic mass is 32.2. The third-order valence-corrected chi connectivity index (χ3v) is 7.39. The Hall–Kier alpha value is -2.81. The van der Waals surface area contributed by atoms with Crippen molar-refractivity contribution in [3.8, 4) is 5.75 Å². The van der Waals surface area contributed by atoms with Crippen molar-refractivity contribution < 1.29 is 17.9 Å². The predicted molar refractivity (Wildman–Crippen MR) is 129 cm³/mol. The first-order valence-electron chi connectivity index (χ1n) is 9.96. The van der Waals surface area contributed by atoms with Gasteiger partial charge in [0.1, 0.15) is 5.75 Å². The lowest BCUT2D eigenvalue weighted by atomic mass is 10.2. The van der Waals surface area contributed by atoms with Gasteiger partial charge in [0.25, 0.3) is 0 Å². The Morgan fingerprint density at radius 3 is 2.44 bits per heavy atom. The number of nitrogens with one attached hydrogen (secondary N) is 1. The van der Waals surface area contributed by atoms with E-state index < -0.39 is 15.9 Å². The molecule has 168 valence electrons. The van der Waals surface area contributed by atoms with Crippen LogP contribution in [-0.4, -0.2) is 38.5 Å². The van der Waals surface area contributed by atoms with Gasteiger partial charge in [-0.2, -0.15) is 4.31 Å². The van der Waals surface area contributed by atoms with Crippen molar-refractivity contribution in [3.05, 3.63) is 83.9 Å². The Balaban J connectivity index is 1.88. The number of thioether (sulfide) groups is 1. The van der Waals surface area contributed by atoms with Crippen LogP contribution < -0.4 is 10.1 Å². The van der Waals surface area contributed by atoms with Gasteiger partial charge in [0, 0.05) is 17.1 Å². The predicted octanol–water partition coefficient (Wildman–Crippen LogP) is 4.56. The van der Waals surface area contributed by atoms with E-state index in [9.17, 15) is 13.2 Å². The summed E-state index contributed by atoms with van der Waals surface area (Å²) < 4.78 is 33.4. The average molecular weight is 471 g/mol. The van der Waals surface area contributed by atoms with Gasteiger partial charge in [-0.05, 0) is 60.7 Å². The molecule has 8 heteroatoms. The number of nitrogens with zero attached hydrogens (tertiary/aromatic N) is 1. The van der Waals surface area contributed by atoms with E-state index >= 15 is 0 Å². The number of carbonyl (C=O) groups excluding carboxylic acids is 1. The molecule has 0 saturated carbocycles. The molecule has 0 spiro atoms. The van der Waals surface area contributed by atoms with E-state index in [4.69, 9.17) is 4.74 Å². The van der Waals surface area contributed by atoms with E-state index in [1.54, 1.807) is 36.9 Å². The van der Waals surface area contributed by atoms with E-state index in [0.29, 0.717) is 17.0 Å².